The molecule has 0 fully saturated rings. The second kappa shape index (κ2) is 5.98. The third-order valence-corrected chi connectivity index (χ3v) is 5.28. The Bertz CT molecular complexity index is 902. The lowest BCUT2D eigenvalue weighted by atomic mass is 9.70. The molecule has 10 heteroatoms. The lowest BCUT2D eigenvalue weighted by molar-refractivity contribution is -0.359. The van der Waals surface area contributed by atoms with Gasteiger partial charge in [-0.15, -0.1) is 0 Å². The van der Waals surface area contributed by atoms with Gasteiger partial charge in [0, 0.05) is 22.3 Å². The summed E-state index contributed by atoms with van der Waals surface area (Å²) in [5, 5.41) is 64.2. The highest BCUT2D eigenvalue weighted by Gasteiger charge is 2.82. The maximum absolute atomic E-state index is 12.8. The molecule has 0 aliphatic heterocycles. The molecule has 0 radical (unpaired) electrons. The van der Waals surface area contributed by atoms with Crippen molar-refractivity contribution in [1.82, 2.24) is 0 Å². The number of ketones is 2. The van der Waals surface area contributed by atoms with Crippen LogP contribution in [0.1, 0.15) is 31.8 Å². The van der Waals surface area contributed by atoms with Gasteiger partial charge in [-0.3, -0.25) is 9.59 Å². The van der Waals surface area contributed by atoms with E-state index in [4.69, 9.17) is 0 Å². The van der Waals surface area contributed by atoms with Crippen LogP contribution >= 0.6 is 0 Å². The normalized spacial score (nSPS) is 28.8. The Balaban J connectivity index is 0.00000140. The summed E-state index contributed by atoms with van der Waals surface area (Å²) >= 11 is 0. The molecular formula is C18H18O10. The number of rotatable bonds is 1. The summed E-state index contributed by atoms with van der Waals surface area (Å²) in [6.07, 6.45) is 0. The summed E-state index contributed by atoms with van der Waals surface area (Å²) in [6.45, 7) is 0. The standard InChI is InChI=1S/C18H14O8.2H2O/c19-13-9-5-1-3-7-11(9)17(23,24)15(13,21)16(22)14(20)10-6-2-4-8-12(10)18(16,25)26;;/h1-8,21-26H;2*1H2. The molecule has 0 aromatic heterocycles. The van der Waals surface area contributed by atoms with Crippen LogP contribution in [0.15, 0.2) is 48.5 Å². The molecular weight excluding hydrogens is 376 g/mol. The fourth-order valence-corrected chi connectivity index (χ4v) is 3.90. The summed E-state index contributed by atoms with van der Waals surface area (Å²) in [6, 6.07) is 9.97. The van der Waals surface area contributed by atoms with E-state index in [9.17, 15) is 40.2 Å². The van der Waals surface area contributed by atoms with E-state index in [0.29, 0.717) is 0 Å². The topological polar surface area (TPSA) is 219 Å². The molecule has 0 amide bonds. The minimum Gasteiger partial charge on any atom is -0.412 e. The molecule has 10 N–H and O–H groups in total. The van der Waals surface area contributed by atoms with Crippen LogP contribution < -0.4 is 0 Å². The number of hydrogen-bond acceptors (Lipinski definition) is 8. The highest BCUT2D eigenvalue weighted by atomic mass is 16.6. The average Bonchev–Trinajstić information content (AvgIpc) is 2.89. The monoisotopic (exact) mass is 394 g/mol. The molecule has 4 rings (SSSR count). The quantitative estimate of drug-likeness (QED) is 0.271. The van der Waals surface area contributed by atoms with Crippen molar-refractivity contribution in [1.29, 1.82) is 0 Å². The Morgan fingerprint density at radius 1 is 0.536 bits per heavy atom. The molecule has 2 aliphatic rings. The van der Waals surface area contributed by atoms with Crippen LogP contribution in [0.3, 0.4) is 0 Å². The van der Waals surface area contributed by atoms with Crippen molar-refractivity contribution in [2.45, 2.75) is 22.8 Å². The zero-order chi connectivity index (χ0) is 19.1. The molecule has 2 unspecified atom stereocenters. The van der Waals surface area contributed by atoms with Crippen molar-refractivity contribution in [3.05, 3.63) is 70.8 Å². The van der Waals surface area contributed by atoms with Gasteiger partial charge in [0.05, 0.1) is 0 Å². The van der Waals surface area contributed by atoms with E-state index in [0.717, 1.165) is 24.3 Å². The van der Waals surface area contributed by atoms with Crippen molar-refractivity contribution < 1.29 is 51.2 Å². The molecule has 10 nitrogen and oxygen atoms in total. The molecule has 0 heterocycles. The number of hydrogen-bond donors (Lipinski definition) is 6. The Morgan fingerprint density at radius 2 is 0.821 bits per heavy atom. The summed E-state index contributed by atoms with van der Waals surface area (Å²) in [7, 11) is 0. The predicted octanol–water partition coefficient (Wildman–Crippen LogP) is -3.13. The van der Waals surface area contributed by atoms with Crippen molar-refractivity contribution in [2.75, 3.05) is 0 Å². The molecule has 2 atom stereocenters. The second-order valence-corrected chi connectivity index (χ2v) is 6.51. The molecule has 0 saturated carbocycles. The summed E-state index contributed by atoms with van der Waals surface area (Å²) in [5.74, 6) is -9.75. The van der Waals surface area contributed by atoms with Gasteiger partial charge in [-0.1, -0.05) is 48.5 Å². The Kier molecular flexibility index (Phi) is 4.64. The lowest BCUT2D eigenvalue weighted by Gasteiger charge is -2.46. The molecule has 2 aromatic carbocycles. The molecule has 0 spiro atoms. The fourth-order valence-electron chi connectivity index (χ4n) is 3.90. The first-order chi connectivity index (χ1) is 12.0. The third kappa shape index (κ3) is 1.92. The van der Waals surface area contributed by atoms with Gasteiger partial charge in [0.1, 0.15) is 0 Å². The van der Waals surface area contributed by atoms with Crippen LogP contribution in [0, 0.1) is 0 Å². The van der Waals surface area contributed by atoms with Crippen LogP contribution in [0.2, 0.25) is 0 Å². The van der Waals surface area contributed by atoms with Crippen LogP contribution in [0.4, 0.5) is 0 Å². The minimum absolute atomic E-state index is 0. The van der Waals surface area contributed by atoms with Gasteiger partial charge in [-0.2, -0.15) is 0 Å². The fraction of sp³-hybridized carbons (Fsp3) is 0.222. The molecule has 0 bridgehead atoms. The van der Waals surface area contributed by atoms with Gasteiger partial charge < -0.3 is 41.6 Å². The van der Waals surface area contributed by atoms with Gasteiger partial charge in [0.2, 0.25) is 34.3 Å². The summed E-state index contributed by atoms with van der Waals surface area (Å²) in [5.41, 5.74) is -9.01. The van der Waals surface area contributed by atoms with E-state index in [1.54, 1.807) is 0 Å². The minimum atomic E-state index is -3.66. The van der Waals surface area contributed by atoms with Crippen LogP contribution in [0.5, 0.6) is 0 Å². The van der Waals surface area contributed by atoms with E-state index in [1.165, 1.54) is 24.3 Å². The first-order valence-corrected chi connectivity index (χ1v) is 7.65. The van der Waals surface area contributed by atoms with Gasteiger partial charge >= 0.3 is 0 Å². The summed E-state index contributed by atoms with van der Waals surface area (Å²) in [4.78, 5) is 25.6. The second-order valence-electron chi connectivity index (χ2n) is 6.51. The highest BCUT2D eigenvalue weighted by molar-refractivity contribution is 6.18. The zero-order valence-corrected chi connectivity index (χ0v) is 14.1. The van der Waals surface area contributed by atoms with Crippen molar-refractivity contribution in [2.24, 2.45) is 0 Å². The van der Waals surface area contributed by atoms with Crippen LogP contribution in [-0.4, -0.2) is 64.4 Å². The van der Waals surface area contributed by atoms with E-state index in [2.05, 4.69) is 0 Å². The van der Waals surface area contributed by atoms with Gasteiger partial charge in [-0.05, 0) is 0 Å². The number of fused-ring (bicyclic) bond motifs is 2. The first-order valence-electron chi connectivity index (χ1n) is 7.65. The molecule has 2 aliphatic carbocycles. The van der Waals surface area contributed by atoms with E-state index < -0.39 is 45.5 Å². The number of aliphatic hydroxyl groups is 6. The molecule has 2 aromatic rings. The Morgan fingerprint density at radius 3 is 1.11 bits per heavy atom. The third-order valence-electron chi connectivity index (χ3n) is 5.28. The van der Waals surface area contributed by atoms with Crippen molar-refractivity contribution >= 4 is 11.6 Å². The van der Waals surface area contributed by atoms with E-state index >= 15 is 0 Å². The van der Waals surface area contributed by atoms with E-state index in [-0.39, 0.29) is 22.1 Å². The number of carbonyl (C=O) groups is 2. The maximum Gasteiger partial charge on any atom is 0.232 e. The Hall–Kier alpha value is -2.54. The highest BCUT2D eigenvalue weighted by Crippen LogP contribution is 2.56. The van der Waals surface area contributed by atoms with Crippen molar-refractivity contribution in [3.63, 3.8) is 0 Å². The van der Waals surface area contributed by atoms with Crippen molar-refractivity contribution in [3.8, 4) is 0 Å². The van der Waals surface area contributed by atoms with Gasteiger partial charge in [0.25, 0.3) is 0 Å². The largest absolute Gasteiger partial charge is 0.412 e. The summed E-state index contributed by atoms with van der Waals surface area (Å²) < 4.78 is 0. The van der Waals surface area contributed by atoms with Crippen LogP contribution in [0.25, 0.3) is 0 Å². The zero-order valence-electron chi connectivity index (χ0n) is 14.1. The molecule has 0 saturated heterocycles. The van der Waals surface area contributed by atoms with E-state index in [1.807, 2.05) is 0 Å². The number of benzene rings is 2. The average molecular weight is 394 g/mol. The number of carbonyl (C=O) groups excluding carboxylic acids is 2. The van der Waals surface area contributed by atoms with Gasteiger partial charge in [-0.25, -0.2) is 0 Å². The smallest absolute Gasteiger partial charge is 0.232 e. The van der Waals surface area contributed by atoms with Crippen LogP contribution in [-0.2, 0) is 11.6 Å². The van der Waals surface area contributed by atoms with Gasteiger partial charge in [0.15, 0.2) is 0 Å². The molecule has 28 heavy (non-hydrogen) atoms. The predicted molar refractivity (Wildman–Crippen MR) is 90.9 cm³/mol. The maximum atomic E-state index is 12.8. The Labute approximate surface area is 157 Å². The first kappa shape index (κ1) is 21.8. The number of Topliss-reactive ketones (excluding diaryl/α,β-unsaturated/α-hetero) is 2. The lowest BCUT2D eigenvalue weighted by Crippen LogP contribution is -2.75. The molecule has 150 valence electrons. The SMILES string of the molecule is O.O.O=C1c2ccccc2C(O)(O)C1(O)C1(O)C(=O)c2ccccc2C1(O)O.